The average Bonchev–Trinajstić information content (AvgIpc) is 3.09. The van der Waals surface area contributed by atoms with Gasteiger partial charge in [0, 0.05) is 18.2 Å². The van der Waals surface area contributed by atoms with Crippen molar-refractivity contribution in [2.24, 2.45) is 0 Å². The number of tetrazole rings is 1. The Hall–Kier alpha value is -2.64. The van der Waals surface area contributed by atoms with E-state index in [1.807, 2.05) is 11.0 Å². The molecule has 1 fully saturated rings. The number of carbonyl (C=O) groups is 1. The van der Waals surface area contributed by atoms with E-state index >= 15 is 0 Å². The maximum atomic E-state index is 12.5. The quantitative estimate of drug-likeness (QED) is 0.821. The first-order chi connectivity index (χ1) is 12.1. The fourth-order valence-electron chi connectivity index (χ4n) is 3.08. The summed E-state index contributed by atoms with van der Waals surface area (Å²) in [6, 6.07) is 5.68. The van der Waals surface area contributed by atoms with Crippen molar-refractivity contribution in [2.45, 2.75) is 38.8 Å². The van der Waals surface area contributed by atoms with E-state index in [1.165, 1.54) is 11.2 Å². The van der Waals surface area contributed by atoms with E-state index in [2.05, 4.69) is 22.3 Å². The molecular formula is C17H23N5O3. The van der Waals surface area contributed by atoms with Crippen molar-refractivity contribution in [1.29, 1.82) is 0 Å². The fraction of sp³-hybridized carbons (Fsp3) is 0.529. The Morgan fingerprint density at radius 2 is 2.04 bits per heavy atom. The van der Waals surface area contributed by atoms with Crippen molar-refractivity contribution in [1.82, 2.24) is 25.1 Å². The van der Waals surface area contributed by atoms with Crippen LogP contribution in [-0.2, 0) is 11.3 Å². The van der Waals surface area contributed by atoms with Crippen molar-refractivity contribution in [3.63, 3.8) is 0 Å². The van der Waals surface area contributed by atoms with Gasteiger partial charge >= 0.3 is 0 Å². The molecule has 0 bridgehead atoms. The van der Waals surface area contributed by atoms with Gasteiger partial charge in [0.05, 0.1) is 14.2 Å². The van der Waals surface area contributed by atoms with E-state index in [-0.39, 0.29) is 18.5 Å². The van der Waals surface area contributed by atoms with E-state index in [1.54, 1.807) is 26.4 Å². The summed E-state index contributed by atoms with van der Waals surface area (Å²) in [4.78, 5) is 15.7. The molecule has 1 aliphatic heterocycles. The van der Waals surface area contributed by atoms with Gasteiger partial charge in [0.15, 0.2) is 11.5 Å². The third-order valence-corrected chi connectivity index (χ3v) is 4.49. The van der Waals surface area contributed by atoms with Crippen LogP contribution in [0.5, 0.6) is 11.5 Å². The van der Waals surface area contributed by atoms with Gasteiger partial charge in [-0.15, -0.1) is 10.2 Å². The lowest BCUT2D eigenvalue weighted by Crippen LogP contribution is -2.43. The van der Waals surface area contributed by atoms with Crippen LogP contribution in [-0.4, -0.2) is 57.8 Å². The number of nitrogens with zero attached hydrogens (tertiary/aromatic N) is 5. The molecule has 8 heteroatoms. The molecule has 2 heterocycles. The van der Waals surface area contributed by atoms with Crippen LogP contribution >= 0.6 is 0 Å². The normalized spacial score (nSPS) is 17.4. The zero-order valence-electron chi connectivity index (χ0n) is 14.8. The van der Waals surface area contributed by atoms with Gasteiger partial charge in [0.2, 0.25) is 11.7 Å². The number of hydrogen-bond acceptors (Lipinski definition) is 6. The Labute approximate surface area is 146 Å². The molecule has 0 radical (unpaired) electrons. The van der Waals surface area contributed by atoms with Crippen molar-refractivity contribution < 1.29 is 14.3 Å². The van der Waals surface area contributed by atoms with Crippen LogP contribution in [0.2, 0.25) is 0 Å². The molecule has 0 spiro atoms. The number of benzene rings is 1. The molecule has 3 rings (SSSR count). The number of aromatic nitrogens is 4. The van der Waals surface area contributed by atoms with Gasteiger partial charge in [-0.25, -0.2) is 0 Å². The average molecular weight is 345 g/mol. The summed E-state index contributed by atoms with van der Waals surface area (Å²) < 4.78 is 10.5. The minimum Gasteiger partial charge on any atom is -0.493 e. The Balaban J connectivity index is 1.73. The molecule has 1 aromatic heterocycles. The predicted molar refractivity (Wildman–Crippen MR) is 91.4 cm³/mol. The molecule has 2 aromatic rings. The molecule has 0 saturated carbocycles. The lowest BCUT2D eigenvalue weighted by Gasteiger charge is -2.33. The first-order valence-electron chi connectivity index (χ1n) is 8.42. The van der Waals surface area contributed by atoms with Crippen molar-refractivity contribution >= 4 is 5.91 Å². The van der Waals surface area contributed by atoms with Gasteiger partial charge in [-0.2, -0.15) is 4.80 Å². The second kappa shape index (κ2) is 7.50. The number of ether oxygens (including phenoxy) is 2. The van der Waals surface area contributed by atoms with E-state index < -0.39 is 0 Å². The van der Waals surface area contributed by atoms with E-state index in [4.69, 9.17) is 9.47 Å². The molecule has 25 heavy (non-hydrogen) atoms. The molecule has 1 atom stereocenters. The number of piperidine rings is 1. The monoisotopic (exact) mass is 345 g/mol. The zero-order chi connectivity index (χ0) is 17.8. The number of carbonyl (C=O) groups excluding carboxylic acids is 1. The summed E-state index contributed by atoms with van der Waals surface area (Å²) >= 11 is 0. The molecule has 8 nitrogen and oxygen atoms in total. The highest BCUT2D eigenvalue weighted by Crippen LogP contribution is 2.30. The first-order valence-corrected chi connectivity index (χ1v) is 8.42. The molecule has 0 N–H and O–H groups in total. The van der Waals surface area contributed by atoms with E-state index in [9.17, 15) is 4.79 Å². The summed E-state index contributed by atoms with van der Waals surface area (Å²) in [7, 11) is 3.16. The van der Waals surface area contributed by atoms with Crippen LogP contribution in [0, 0.1) is 0 Å². The summed E-state index contributed by atoms with van der Waals surface area (Å²) in [6.07, 6.45) is 3.28. The summed E-state index contributed by atoms with van der Waals surface area (Å²) in [5, 5.41) is 12.4. The second-order valence-electron chi connectivity index (χ2n) is 6.15. The maximum absolute atomic E-state index is 12.5. The third kappa shape index (κ3) is 3.72. The molecule has 134 valence electrons. The lowest BCUT2D eigenvalue weighted by molar-refractivity contribution is -0.135. The minimum absolute atomic E-state index is 0.0310. The zero-order valence-corrected chi connectivity index (χ0v) is 14.8. The number of hydrogen-bond donors (Lipinski definition) is 0. The highest BCUT2D eigenvalue weighted by molar-refractivity contribution is 5.76. The van der Waals surface area contributed by atoms with Crippen molar-refractivity contribution in [3.05, 3.63) is 18.2 Å². The largest absolute Gasteiger partial charge is 0.493 e. The molecule has 1 saturated heterocycles. The number of methoxy groups -OCH3 is 2. The van der Waals surface area contributed by atoms with Gasteiger partial charge < -0.3 is 14.4 Å². The van der Waals surface area contributed by atoms with Gasteiger partial charge in [0.25, 0.3) is 0 Å². The van der Waals surface area contributed by atoms with Crippen LogP contribution < -0.4 is 9.47 Å². The Kier molecular flexibility index (Phi) is 5.16. The smallest absolute Gasteiger partial charge is 0.246 e. The van der Waals surface area contributed by atoms with Gasteiger partial charge in [-0.1, -0.05) is 0 Å². The SMILES string of the molecule is COc1ccc(-c2nnn(CC(=O)N3CCCC[C@H]3C)n2)cc1OC. The van der Waals surface area contributed by atoms with Crippen LogP contribution in [0.4, 0.5) is 0 Å². The second-order valence-corrected chi connectivity index (χ2v) is 6.15. The summed E-state index contributed by atoms with van der Waals surface area (Å²) in [5.74, 6) is 1.70. The number of rotatable bonds is 5. The first kappa shape index (κ1) is 17.2. The van der Waals surface area contributed by atoms with Crippen LogP contribution in [0.15, 0.2) is 18.2 Å². The van der Waals surface area contributed by atoms with Crippen LogP contribution in [0.1, 0.15) is 26.2 Å². The Bertz CT molecular complexity index is 746. The minimum atomic E-state index is 0.0310. The maximum Gasteiger partial charge on any atom is 0.246 e. The standard InChI is InChI=1S/C17H23N5O3/c1-12-6-4-5-9-21(12)16(23)11-22-19-17(18-20-22)13-7-8-14(24-2)15(10-13)25-3/h7-8,10,12H,4-6,9,11H2,1-3H3/t12-/m1/s1. The predicted octanol–water partition coefficient (Wildman–Crippen LogP) is 1.76. The fourth-order valence-corrected chi connectivity index (χ4v) is 3.08. The lowest BCUT2D eigenvalue weighted by atomic mass is 10.0. The van der Waals surface area contributed by atoms with Crippen molar-refractivity contribution in [3.8, 4) is 22.9 Å². The molecule has 1 aliphatic rings. The number of amides is 1. The molecule has 0 unspecified atom stereocenters. The van der Waals surface area contributed by atoms with Gasteiger partial charge in [-0.05, 0) is 49.6 Å². The third-order valence-electron chi connectivity index (χ3n) is 4.49. The van der Waals surface area contributed by atoms with Gasteiger partial charge in [0.1, 0.15) is 6.54 Å². The molecular weight excluding hydrogens is 322 g/mol. The molecule has 1 amide bonds. The van der Waals surface area contributed by atoms with Gasteiger partial charge in [-0.3, -0.25) is 4.79 Å². The highest BCUT2D eigenvalue weighted by Gasteiger charge is 2.24. The topological polar surface area (TPSA) is 82.4 Å². The molecule has 1 aromatic carbocycles. The molecule has 0 aliphatic carbocycles. The van der Waals surface area contributed by atoms with Crippen LogP contribution in [0.25, 0.3) is 11.4 Å². The highest BCUT2D eigenvalue weighted by atomic mass is 16.5. The van der Waals surface area contributed by atoms with Crippen LogP contribution in [0.3, 0.4) is 0 Å². The summed E-state index contributed by atoms with van der Waals surface area (Å²) in [6.45, 7) is 2.99. The number of likely N-dealkylation sites (tertiary alicyclic amines) is 1. The van der Waals surface area contributed by atoms with E-state index in [0.29, 0.717) is 17.3 Å². The Morgan fingerprint density at radius 1 is 1.24 bits per heavy atom. The Morgan fingerprint density at radius 3 is 2.76 bits per heavy atom. The van der Waals surface area contributed by atoms with E-state index in [0.717, 1.165) is 24.9 Å². The summed E-state index contributed by atoms with van der Waals surface area (Å²) in [5.41, 5.74) is 0.752. The van der Waals surface area contributed by atoms with Crippen molar-refractivity contribution in [2.75, 3.05) is 20.8 Å².